The average Bonchev–Trinajstić information content (AvgIpc) is 3.34. The van der Waals surface area contributed by atoms with Crippen molar-refractivity contribution in [1.82, 2.24) is 20.0 Å². The molecule has 2 amide bonds. The maximum Gasteiger partial charge on any atom is 0.290 e. The van der Waals surface area contributed by atoms with Gasteiger partial charge in [0.05, 0.1) is 12.5 Å². The Kier molecular flexibility index (Phi) is 6.58. The van der Waals surface area contributed by atoms with E-state index in [0.29, 0.717) is 31.7 Å². The fraction of sp³-hybridized carbons (Fsp3) is 0.412. The highest BCUT2D eigenvalue weighted by molar-refractivity contribution is 5.93. The average molecular weight is 377 g/mol. The van der Waals surface area contributed by atoms with Gasteiger partial charge in [0, 0.05) is 33.3 Å². The Bertz CT molecular complexity index is 763. The second kappa shape index (κ2) is 8.88. The number of aromatic nitrogens is 2. The van der Waals surface area contributed by atoms with Gasteiger partial charge in [-0.15, -0.1) is 0 Å². The fourth-order valence-corrected chi connectivity index (χ4v) is 3.04. The monoisotopic (exact) mass is 377 g/mol. The van der Waals surface area contributed by atoms with Crippen LogP contribution in [0.5, 0.6) is 0 Å². The number of nitrogens with one attached hydrogen (secondary N) is 2. The third-order valence-corrected chi connectivity index (χ3v) is 4.49. The molecule has 2 aromatic heterocycles. The molecule has 0 radical (unpaired) electrons. The van der Waals surface area contributed by atoms with E-state index in [1.807, 2.05) is 13.1 Å². The van der Waals surface area contributed by atoms with Gasteiger partial charge in [0.2, 0.25) is 5.91 Å². The van der Waals surface area contributed by atoms with Crippen LogP contribution < -0.4 is 10.6 Å². The zero-order valence-corrected chi connectivity index (χ0v) is 15.2. The molecular formula is C17H23N5O5. The van der Waals surface area contributed by atoms with Crippen LogP contribution in [0.1, 0.15) is 23.4 Å². The van der Waals surface area contributed by atoms with Gasteiger partial charge >= 0.3 is 0 Å². The van der Waals surface area contributed by atoms with Gasteiger partial charge in [-0.05, 0) is 25.0 Å². The van der Waals surface area contributed by atoms with Crippen LogP contribution in [0.2, 0.25) is 0 Å². The smallest absolute Gasteiger partial charge is 0.290 e. The molecule has 1 aliphatic rings. The number of amides is 2. The third kappa shape index (κ3) is 4.46. The number of rotatable bonds is 4. The van der Waals surface area contributed by atoms with E-state index in [2.05, 4.69) is 15.7 Å². The summed E-state index contributed by atoms with van der Waals surface area (Å²) in [4.78, 5) is 35.0. The fourth-order valence-electron chi connectivity index (χ4n) is 3.04. The topological polar surface area (TPSA) is 130 Å². The summed E-state index contributed by atoms with van der Waals surface area (Å²) < 4.78 is 6.86. The summed E-state index contributed by atoms with van der Waals surface area (Å²) in [5.41, 5.74) is -0.761. The molecule has 0 spiro atoms. The predicted molar refractivity (Wildman–Crippen MR) is 96.2 cm³/mol. The van der Waals surface area contributed by atoms with E-state index in [0.717, 1.165) is 5.82 Å². The van der Waals surface area contributed by atoms with E-state index in [-0.39, 0.29) is 18.3 Å². The number of hydrogen-bond acceptors (Lipinski definition) is 6. The molecular weight excluding hydrogens is 354 g/mol. The minimum absolute atomic E-state index is 0.0891. The number of likely N-dealkylation sites (N-methyl/N-ethyl adjacent to an activating group) is 1. The number of aryl methyl sites for hydroxylation is 1. The number of furan rings is 1. The molecule has 2 aromatic rings. The van der Waals surface area contributed by atoms with Crippen LogP contribution >= 0.6 is 0 Å². The van der Waals surface area contributed by atoms with Gasteiger partial charge in [-0.25, -0.2) is 0 Å². The maximum absolute atomic E-state index is 12.5. The lowest BCUT2D eigenvalue weighted by Crippen LogP contribution is -2.58. The van der Waals surface area contributed by atoms with E-state index in [4.69, 9.17) is 14.3 Å². The lowest BCUT2D eigenvalue weighted by Gasteiger charge is -2.41. The number of nitrogens with zero attached hydrogens (tertiary/aromatic N) is 3. The van der Waals surface area contributed by atoms with Gasteiger partial charge < -0.3 is 25.1 Å². The molecule has 0 unspecified atom stereocenters. The number of piperidine rings is 1. The Hall–Kier alpha value is -3.30. The predicted octanol–water partition coefficient (Wildman–Crippen LogP) is 0.547. The van der Waals surface area contributed by atoms with E-state index in [1.165, 1.54) is 6.26 Å². The molecule has 1 saturated heterocycles. The van der Waals surface area contributed by atoms with Crippen LogP contribution in [0.3, 0.4) is 0 Å². The Labute approximate surface area is 156 Å². The van der Waals surface area contributed by atoms with Crippen LogP contribution in [0, 0.1) is 0 Å². The van der Waals surface area contributed by atoms with Crippen molar-refractivity contribution in [2.45, 2.75) is 18.4 Å². The summed E-state index contributed by atoms with van der Waals surface area (Å²) in [6, 6.07) is 5.16. The molecule has 1 aliphatic heterocycles. The third-order valence-electron chi connectivity index (χ3n) is 4.49. The van der Waals surface area contributed by atoms with Crippen molar-refractivity contribution in [2.75, 3.05) is 25.5 Å². The van der Waals surface area contributed by atoms with Gasteiger partial charge in [-0.3, -0.25) is 19.1 Å². The second-order valence-corrected chi connectivity index (χ2v) is 6.00. The van der Waals surface area contributed by atoms with Crippen LogP contribution in [0.25, 0.3) is 0 Å². The normalized spacial score (nSPS) is 15.3. The van der Waals surface area contributed by atoms with Gasteiger partial charge in [0.1, 0.15) is 11.4 Å². The Morgan fingerprint density at radius 2 is 2.00 bits per heavy atom. The maximum atomic E-state index is 12.5. The van der Waals surface area contributed by atoms with Gasteiger partial charge in [-0.2, -0.15) is 5.10 Å². The molecule has 0 aromatic carbocycles. The van der Waals surface area contributed by atoms with Crippen molar-refractivity contribution in [1.29, 1.82) is 0 Å². The summed E-state index contributed by atoms with van der Waals surface area (Å²) in [6.07, 6.45) is 4.17. The zero-order valence-electron chi connectivity index (χ0n) is 15.2. The molecule has 10 nitrogen and oxygen atoms in total. The first-order valence-electron chi connectivity index (χ1n) is 8.36. The lowest BCUT2D eigenvalue weighted by molar-refractivity contribution is -0.126. The number of carbonyl (C=O) groups is 3. The van der Waals surface area contributed by atoms with E-state index >= 15 is 0 Å². The first-order valence-corrected chi connectivity index (χ1v) is 8.36. The van der Waals surface area contributed by atoms with Crippen molar-refractivity contribution in [3.63, 3.8) is 0 Å². The van der Waals surface area contributed by atoms with Crippen molar-refractivity contribution < 1.29 is 23.9 Å². The van der Waals surface area contributed by atoms with Gasteiger partial charge in [0.25, 0.3) is 12.4 Å². The first kappa shape index (κ1) is 20.0. The molecule has 3 rings (SSSR count). The number of likely N-dealkylation sites (tertiary alicyclic amines) is 1. The molecule has 10 heteroatoms. The minimum Gasteiger partial charge on any atom is -0.483 e. The molecule has 0 bridgehead atoms. The number of carbonyl (C=O) groups excluding carboxylic acids is 2. The standard InChI is InChI=1S/C16H21N5O3.CH2O2/c1-17-15(23)16(19-13-5-8-18-20(13)2)6-9-21(10-7-16)14(22)12-4-3-11-24-12;2-1-3/h3-5,8,11,19H,6-7,9-10H2,1-2H3,(H,17,23);1H,(H,2,3). The lowest BCUT2D eigenvalue weighted by atomic mass is 9.86. The Balaban J connectivity index is 0.000000817. The summed E-state index contributed by atoms with van der Waals surface area (Å²) in [6.45, 7) is 0.690. The highest BCUT2D eigenvalue weighted by Crippen LogP contribution is 2.28. The highest BCUT2D eigenvalue weighted by Gasteiger charge is 2.42. The molecule has 1 fully saturated rings. The van der Waals surface area contributed by atoms with Crippen LogP contribution in [0.4, 0.5) is 5.82 Å². The Morgan fingerprint density at radius 3 is 2.48 bits per heavy atom. The molecule has 0 atom stereocenters. The first-order chi connectivity index (χ1) is 13.0. The second-order valence-electron chi connectivity index (χ2n) is 6.00. The number of hydrogen-bond donors (Lipinski definition) is 3. The SMILES string of the molecule is CNC(=O)C1(Nc2ccnn2C)CCN(C(=O)c2ccco2)CC1.O=CO. The van der Waals surface area contributed by atoms with Crippen molar-refractivity contribution in [2.24, 2.45) is 7.05 Å². The van der Waals surface area contributed by atoms with Crippen LogP contribution in [-0.2, 0) is 16.6 Å². The molecule has 3 heterocycles. The van der Waals surface area contributed by atoms with Crippen molar-refractivity contribution in [3.05, 3.63) is 36.4 Å². The largest absolute Gasteiger partial charge is 0.483 e. The summed E-state index contributed by atoms with van der Waals surface area (Å²) in [7, 11) is 3.44. The van der Waals surface area contributed by atoms with Crippen molar-refractivity contribution in [3.8, 4) is 0 Å². The van der Waals surface area contributed by atoms with E-state index in [9.17, 15) is 9.59 Å². The number of anilines is 1. The minimum atomic E-state index is -0.761. The summed E-state index contributed by atoms with van der Waals surface area (Å²) in [5.74, 6) is 0.853. The molecule has 3 N–H and O–H groups in total. The zero-order chi connectivity index (χ0) is 19.9. The molecule has 146 valence electrons. The molecule has 27 heavy (non-hydrogen) atoms. The molecule has 0 saturated carbocycles. The van der Waals surface area contributed by atoms with Gasteiger partial charge in [-0.1, -0.05) is 0 Å². The molecule has 0 aliphatic carbocycles. The summed E-state index contributed by atoms with van der Waals surface area (Å²) in [5, 5.41) is 17.1. The van der Waals surface area contributed by atoms with Crippen LogP contribution in [0.15, 0.2) is 35.1 Å². The van der Waals surface area contributed by atoms with E-state index in [1.54, 1.807) is 35.0 Å². The highest BCUT2D eigenvalue weighted by atomic mass is 16.3. The Morgan fingerprint density at radius 1 is 1.33 bits per heavy atom. The number of carboxylic acid groups (broad SMARTS) is 1. The van der Waals surface area contributed by atoms with Gasteiger partial charge in [0.15, 0.2) is 5.76 Å². The van der Waals surface area contributed by atoms with Crippen LogP contribution in [-0.4, -0.2) is 63.7 Å². The summed E-state index contributed by atoms with van der Waals surface area (Å²) >= 11 is 0. The van der Waals surface area contributed by atoms with Crippen molar-refractivity contribution >= 4 is 24.1 Å². The van der Waals surface area contributed by atoms with E-state index < -0.39 is 5.54 Å². The quantitative estimate of drug-likeness (QED) is 0.663.